The Morgan fingerprint density at radius 2 is 1.95 bits per heavy atom. The van der Waals surface area contributed by atoms with Crippen molar-refractivity contribution in [2.45, 2.75) is 25.5 Å². The number of nitrogens with zero attached hydrogens (tertiary/aromatic N) is 1. The summed E-state index contributed by atoms with van der Waals surface area (Å²) in [5.41, 5.74) is 0.879. The number of likely N-dealkylation sites (tertiary alicyclic amines) is 1. The van der Waals surface area contributed by atoms with Gasteiger partial charge in [-0.25, -0.2) is 4.79 Å². The number of rotatable bonds is 4. The zero-order valence-electron chi connectivity index (χ0n) is 12.2. The van der Waals surface area contributed by atoms with E-state index in [2.05, 4.69) is 5.32 Å². The fraction of sp³-hybridized carbons (Fsp3) is 0.438. The number of nitrogens with one attached hydrogen (secondary N) is 1. The van der Waals surface area contributed by atoms with Crippen LogP contribution in [0.5, 0.6) is 0 Å². The van der Waals surface area contributed by atoms with Gasteiger partial charge in [0.15, 0.2) is 5.78 Å². The molecule has 0 spiro atoms. The fourth-order valence-electron chi connectivity index (χ4n) is 2.39. The summed E-state index contributed by atoms with van der Waals surface area (Å²) in [6, 6.07) is 9.52. The van der Waals surface area contributed by atoms with Crippen molar-refractivity contribution in [1.82, 2.24) is 10.2 Å². The molecule has 2 fully saturated rings. The minimum Gasteiger partial charge on any atom is -0.445 e. The van der Waals surface area contributed by atoms with Gasteiger partial charge in [-0.05, 0) is 18.4 Å². The van der Waals surface area contributed by atoms with Crippen LogP contribution in [0.4, 0.5) is 4.79 Å². The van der Waals surface area contributed by atoms with Gasteiger partial charge in [-0.15, -0.1) is 0 Å². The molecule has 2 aliphatic rings. The van der Waals surface area contributed by atoms with Gasteiger partial charge in [0.25, 0.3) is 0 Å². The van der Waals surface area contributed by atoms with E-state index in [1.807, 2.05) is 30.3 Å². The molecule has 116 valence electrons. The Hall–Kier alpha value is -2.37. The summed E-state index contributed by atoms with van der Waals surface area (Å²) in [5.74, 6) is -1.26. The van der Waals surface area contributed by atoms with Crippen LogP contribution in [0.15, 0.2) is 30.3 Å². The number of ether oxygens (including phenoxy) is 1. The maximum absolute atomic E-state index is 12.0. The van der Waals surface area contributed by atoms with Crippen LogP contribution in [0, 0.1) is 5.92 Å². The highest BCUT2D eigenvalue weighted by Crippen LogP contribution is 2.21. The molecular weight excluding hydrogens is 284 g/mol. The van der Waals surface area contributed by atoms with Gasteiger partial charge in [0.1, 0.15) is 12.5 Å². The number of carbonyl (C=O) groups excluding carboxylic acids is 3. The molecule has 0 bridgehead atoms. The lowest BCUT2D eigenvalue weighted by Crippen LogP contribution is -2.37. The molecule has 1 N–H and O–H groups in total. The second-order valence-electron chi connectivity index (χ2n) is 5.72. The second kappa shape index (κ2) is 6.17. The van der Waals surface area contributed by atoms with Gasteiger partial charge in [-0.2, -0.15) is 0 Å². The topological polar surface area (TPSA) is 75.7 Å². The summed E-state index contributed by atoms with van der Waals surface area (Å²) in [7, 11) is 0. The highest BCUT2D eigenvalue weighted by atomic mass is 16.6. The number of amides is 2. The van der Waals surface area contributed by atoms with Crippen molar-refractivity contribution < 1.29 is 19.1 Å². The van der Waals surface area contributed by atoms with Crippen LogP contribution in [0.25, 0.3) is 0 Å². The first-order valence-corrected chi connectivity index (χ1v) is 7.42. The van der Waals surface area contributed by atoms with Gasteiger partial charge in [0.05, 0.1) is 6.54 Å². The predicted octanol–water partition coefficient (Wildman–Crippen LogP) is 1.10. The Labute approximate surface area is 128 Å². The summed E-state index contributed by atoms with van der Waals surface area (Å²) in [6.45, 7) is 0.199. The van der Waals surface area contributed by atoms with Crippen LogP contribution in [-0.2, 0) is 20.9 Å². The lowest BCUT2D eigenvalue weighted by molar-refractivity contribution is -0.131. The molecular formula is C16H18N2O4. The highest BCUT2D eigenvalue weighted by Gasteiger charge is 2.40. The van der Waals surface area contributed by atoms with E-state index in [4.69, 9.17) is 4.74 Å². The average molecular weight is 302 g/mol. The minimum absolute atomic E-state index is 0.0592. The molecule has 0 radical (unpaired) electrons. The van der Waals surface area contributed by atoms with Crippen molar-refractivity contribution in [2.75, 3.05) is 13.1 Å². The van der Waals surface area contributed by atoms with E-state index in [9.17, 15) is 14.4 Å². The number of hydrogen-bond donors (Lipinski definition) is 1. The van der Waals surface area contributed by atoms with Crippen molar-refractivity contribution in [2.24, 2.45) is 5.92 Å². The summed E-state index contributed by atoms with van der Waals surface area (Å²) >= 11 is 0. The molecule has 1 aromatic carbocycles. The van der Waals surface area contributed by atoms with Crippen molar-refractivity contribution in [3.05, 3.63) is 35.9 Å². The Morgan fingerprint density at radius 3 is 2.64 bits per heavy atom. The molecule has 1 aliphatic carbocycles. The van der Waals surface area contributed by atoms with Gasteiger partial charge >= 0.3 is 6.09 Å². The maximum Gasteiger partial charge on any atom is 0.410 e. The first kappa shape index (κ1) is 14.6. The van der Waals surface area contributed by atoms with E-state index in [1.54, 1.807) is 0 Å². The van der Waals surface area contributed by atoms with Gasteiger partial charge < -0.3 is 10.1 Å². The maximum atomic E-state index is 12.0. The first-order chi connectivity index (χ1) is 10.6. The molecule has 1 saturated carbocycles. The minimum atomic E-state index is -0.759. The molecule has 1 heterocycles. The van der Waals surface area contributed by atoms with E-state index in [0.29, 0.717) is 0 Å². The predicted molar refractivity (Wildman–Crippen MR) is 77.9 cm³/mol. The monoisotopic (exact) mass is 302 g/mol. The number of hydrogen-bond acceptors (Lipinski definition) is 4. The second-order valence-corrected chi connectivity index (χ2v) is 5.72. The van der Waals surface area contributed by atoms with Gasteiger partial charge in [-0.3, -0.25) is 14.5 Å². The molecule has 1 atom stereocenters. The quantitative estimate of drug-likeness (QED) is 0.845. The normalized spacial score (nSPS) is 20.8. The molecule has 3 rings (SSSR count). The number of carbonyl (C=O) groups is 3. The standard InChI is InChI=1S/C16H18N2O4/c19-14-9-18(8-13(14)15(20)17-12-6-7-12)16(21)22-10-11-4-2-1-3-5-11/h1-5,12-13H,6-10H2,(H,17,20). The lowest BCUT2D eigenvalue weighted by atomic mass is 10.1. The summed E-state index contributed by atoms with van der Waals surface area (Å²) in [5, 5.41) is 2.80. The summed E-state index contributed by atoms with van der Waals surface area (Å²) in [4.78, 5) is 37.1. The SMILES string of the molecule is O=C1CN(C(=O)OCc2ccccc2)CC1C(=O)NC1CC1. The Morgan fingerprint density at radius 1 is 1.23 bits per heavy atom. The molecule has 0 aromatic heterocycles. The summed E-state index contributed by atoms with van der Waals surface area (Å²) in [6.07, 6.45) is 1.38. The molecule has 6 heteroatoms. The third-order valence-corrected chi connectivity index (χ3v) is 3.84. The molecule has 22 heavy (non-hydrogen) atoms. The third-order valence-electron chi connectivity index (χ3n) is 3.84. The Balaban J connectivity index is 1.51. The average Bonchev–Trinajstić information content (AvgIpc) is 3.25. The van der Waals surface area contributed by atoms with E-state index >= 15 is 0 Å². The smallest absolute Gasteiger partial charge is 0.410 e. The molecule has 1 aromatic rings. The Bertz CT molecular complexity index is 583. The van der Waals surface area contributed by atoms with Gasteiger partial charge in [0, 0.05) is 12.6 Å². The van der Waals surface area contributed by atoms with Crippen LogP contribution in [0.3, 0.4) is 0 Å². The first-order valence-electron chi connectivity index (χ1n) is 7.42. The van der Waals surface area contributed by atoms with Gasteiger partial charge in [0.2, 0.25) is 5.91 Å². The largest absolute Gasteiger partial charge is 0.445 e. The molecule has 1 unspecified atom stereocenters. The molecule has 1 aliphatic heterocycles. The van der Waals surface area contributed by atoms with Crippen molar-refractivity contribution in [1.29, 1.82) is 0 Å². The number of Topliss-reactive ketones (excluding diaryl/α,β-unsaturated/α-hetero) is 1. The van der Waals surface area contributed by atoms with E-state index in [1.165, 1.54) is 4.90 Å². The fourth-order valence-corrected chi connectivity index (χ4v) is 2.39. The van der Waals surface area contributed by atoms with Crippen LogP contribution >= 0.6 is 0 Å². The Kier molecular flexibility index (Phi) is 4.09. The van der Waals surface area contributed by atoms with Gasteiger partial charge in [-0.1, -0.05) is 30.3 Å². The van der Waals surface area contributed by atoms with Crippen LogP contribution in [-0.4, -0.2) is 41.8 Å². The van der Waals surface area contributed by atoms with Crippen LogP contribution in [0.1, 0.15) is 18.4 Å². The van der Waals surface area contributed by atoms with E-state index < -0.39 is 12.0 Å². The molecule has 6 nitrogen and oxygen atoms in total. The van der Waals surface area contributed by atoms with Crippen molar-refractivity contribution in [3.63, 3.8) is 0 Å². The zero-order valence-corrected chi connectivity index (χ0v) is 12.2. The van der Waals surface area contributed by atoms with E-state index in [0.717, 1.165) is 18.4 Å². The van der Waals surface area contributed by atoms with Crippen molar-refractivity contribution in [3.8, 4) is 0 Å². The van der Waals surface area contributed by atoms with Crippen molar-refractivity contribution >= 4 is 17.8 Å². The lowest BCUT2D eigenvalue weighted by Gasteiger charge is -2.15. The highest BCUT2D eigenvalue weighted by molar-refractivity contribution is 6.05. The molecule has 1 saturated heterocycles. The summed E-state index contributed by atoms with van der Waals surface area (Å²) < 4.78 is 5.18. The van der Waals surface area contributed by atoms with E-state index in [-0.39, 0.29) is 37.4 Å². The zero-order chi connectivity index (χ0) is 15.5. The number of benzene rings is 1. The molecule has 2 amide bonds. The van der Waals surface area contributed by atoms with Crippen LogP contribution in [0.2, 0.25) is 0 Å². The third kappa shape index (κ3) is 3.44. The van der Waals surface area contributed by atoms with Crippen LogP contribution < -0.4 is 5.32 Å². The number of ketones is 1.